The van der Waals surface area contributed by atoms with E-state index < -0.39 is 6.10 Å². The van der Waals surface area contributed by atoms with E-state index in [1.807, 2.05) is 0 Å². The highest BCUT2D eigenvalue weighted by molar-refractivity contribution is 5.71. The fraction of sp³-hybridized carbons (Fsp3) is 0.948. The molecule has 0 aromatic heterocycles. The highest BCUT2D eigenvalue weighted by Gasteiger charge is 2.19. The minimum absolute atomic E-state index is 0.0620. The first kappa shape index (κ1) is 62.4. The van der Waals surface area contributed by atoms with Gasteiger partial charge < -0.3 is 14.2 Å². The van der Waals surface area contributed by atoms with E-state index in [1.54, 1.807) is 0 Å². The standard InChI is InChI=1S/C58H112O6/c1-5-7-9-11-13-15-16-17-18-19-20-24-27-30-34-38-42-46-50-57(60)63-53-55(52-62-56(59)49-45-41-37-32-14-12-10-8-6-2)64-58(61)51-47-43-39-35-31-28-25-22-21-23-26-29-33-36-40-44-48-54(3)4/h54-55H,5-53H2,1-4H3/t55-/m1/s1. The van der Waals surface area contributed by atoms with Crippen molar-refractivity contribution in [2.45, 2.75) is 336 Å². The lowest BCUT2D eigenvalue weighted by Crippen LogP contribution is -2.30. The molecule has 0 heterocycles. The molecule has 0 rings (SSSR count). The molecule has 0 aliphatic heterocycles. The molecule has 0 aromatic rings. The van der Waals surface area contributed by atoms with Crippen LogP contribution in [0.4, 0.5) is 0 Å². The molecule has 0 bridgehead atoms. The Balaban J connectivity index is 4.20. The molecule has 0 aliphatic rings. The summed E-state index contributed by atoms with van der Waals surface area (Å²) in [5, 5.41) is 0. The summed E-state index contributed by atoms with van der Waals surface area (Å²) < 4.78 is 16.8. The highest BCUT2D eigenvalue weighted by atomic mass is 16.6. The molecule has 0 amide bonds. The molecule has 0 fully saturated rings. The summed E-state index contributed by atoms with van der Waals surface area (Å²) in [6.45, 7) is 9.05. The highest BCUT2D eigenvalue weighted by Crippen LogP contribution is 2.18. The van der Waals surface area contributed by atoms with Crippen molar-refractivity contribution in [3.05, 3.63) is 0 Å². The first-order valence-electron chi connectivity index (χ1n) is 28.9. The monoisotopic (exact) mass is 905 g/mol. The van der Waals surface area contributed by atoms with Crippen molar-refractivity contribution >= 4 is 17.9 Å². The fourth-order valence-corrected chi connectivity index (χ4v) is 8.92. The first-order chi connectivity index (χ1) is 31.4. The number of rotatable bonds is 53. The van der Waals surface area contributed by atoms with Crippen LogP contribution in [0.3, 0.4) is 0 Å². The van der Waals surface area contributed by atoms with Crippen molar-refractivity contribution in [3.63, 3.8) is 0 Å². The minimum Gasteiger partial charge on any atom is -0.462 e. The van der Waals surface area contributed by atoms with Crippen molar-refractivity contribution in [1.29, 1.82) is 0 Å². The second-order valence-corrected chi connectivity index (χ2v) is 20.4. The number of unbranched alkanes of at least 4 members (excludes halogenated alkanes) is 40. The average Bonchev–Trinajstić information content (AvgIpc) is 3.28. The molecule has 0 radical (unpaired) electrons. The number of hydrogen-bond donors (Lipinski definition) is 0. The third kappa shape index (κ3) is 51.4. The topological polar surface area (TPSA) is 78.9 Å². The van der Waals surface area contributed by atoms with Crippen LogP contribution >= 0.6 is 0 Å². The van der Waals surface area contributed by atoms with Gasteiger partial charge in [0.2, 0.25) is 0 Å². The summed E-state index contributed by atoms with van der Waals surface area (Å²) >= 11 is 0. The van der Waals surface area contributed by atoms with Gasteiger partial charge in [-0.05, 0) is 25.2 Å². The van der Waals surface area contributed by atoms with Crippen molar-refractivity contribution in [2.75, 3.05) is 13.2 Å². The van der Waals surface area contributed by atoms with Gasteiger partial charge in [0.25, 0.3) is 0 Å². The van der Waals surface area contributed by atoms with E-state index in [9.17, 15) is 14.4 Å². The maximum Gasteiger partial charge on any atom is 0.306 e. The molecule has 0 aliphatic carbocycles. The normalized spacial score (nSPS) is 12.0. The molecule has 0 spiro atoms. The van der Waals surface area contributed by atoms with E-state index in [-0.39, 0.29) is 31.1 Å². The summed E-state index contributed by atoms with van der Waals surface area (Å²) in [4.78, 5) is 38.0. The third-order valence-electron chi connectivity index (χ3n) is 13.3. The van der Waals surface area contributed by atoms with Gasteiger partial charge in [0.1, 0.15) is 13.2 Å². The zero-order valence-electron chi connectivity index (χ0n) is 43.8. The summed E-state index contributed by atoms with van der Waals surface area (Å²) in [6, 6.07) is 0. The van der Waals surface area contributed by atoms with Crippen molar-refractivity contribution in [1.82, 2.24) is 0 Å². The smallest absolute Gasteiger partial charge is 0.306 e. The Morgan fingerprint density at radius 2 is 0.516 bits per heavy atom. The third-order valence-corrected chi connectivity index (χ3v) is 13.3. The van der Waals surface area contributed by atoms with Crippen molar-refractivity contribution in [2.24, 2.45) is 5.92 Å². The molecule has 0 saturated heterocycles. The van der Waals surface area contributed by atoms with Gasteiger partial charge in [-0.3, -0.25) is 14.4 Å². The molecular formula is C58H112O6. The SMILES string of the molecule is CCCCCCCCCCCCCCCCCCCCC(=O)OC[C@@H](COC(=O)CCCCCCCCCCC)OC(=O)CCCCCCCCCCCCCCCCCCC(C)C. The van der Waals surface area contributed by atoms with E-state index in [1.165, 1.54) is 225 Å². The predicted molar refractivity (Wildman–Crippen MR) is 275 cm³/mol. The lowest BCUT2D eigenvalue weighted by atomic mass is 10.0. The summed E-state index contributed by atoms with van der Waals surface area (Å²) in [6.07, 6.45) is 56.7. The van der Waals surface area contributed by atoms with Crippen LogP contribution in [0, 0.1) is 5.92 Å². The summed E-state index contributed by atoms with van der Waals surface area (Å²) in [5.41, 5.74) is 0. The van der Waals surface area contributed by atoms with Crippen LogP contribution in [0.15, 0.2) is 0 Å². The fourth-order valence-electron chi connectivity index (χ4n) is 8.92. The van der Waals surface area contributed by atoms with E-state index >= 15 is 0 Å². The number of carbonyl (C=O) groups is 3. The predicted octanol–water partition coefficient (Wildman–Crippen LogP) is 19.0. The van der Waals surface area contributed by atoms with E-state index in [0.717, 1.165) is 63.7 Å². The van der Waals surface area contributed by atoms with Gasteiger partial charge in [-0.15, -0.1) is 0 Å². The Labute approximate surface area is 399 Å². The van der Waals surface area contributed by atoms with Crippen LogP contribution in [0.25, 0.3) is 0 Å². The quantitative estimate of drug-likeness (QED) is 0.0344. The molecule has 6 heteroatoms. The second kappa shape index (κ2) is 52.4. The van der Waals surface area contributed by atoms with E-state index in [4.69, 9.17) is 14.2 Å². The Morgan fingerprint density at radius 1 is 0.297 bits per heavy atom. The molecule has 0 aromatic carbocycles. The molecule has 1 atom stereocenters. The summed E-state index contributed by atoms with van der Waals surface area (Å²) in [5.74, 6) is 0.0129. The molecule has 6 nitrogen and oxygen atoms in total. The van der Waals surface area contributed by atoms with Gasteiger partial charge in [-0.2, -0.15) is 0 Å². The minimum atomic E-state index is -0.761. The second-order valence-electron chi connectivity index (χ2n) is 20.4. The van der Waals surface area contributed by atoms with Crippen LogP contribution in [0.1, 0.15) is 329 Å². The number of hydrogen-bond acceptors (Lipinski definition) is 6. The zero-order chi connectivity index (χ0) is 46.7. The van der Waals surface area contributed by atoms with Gasteiger partial charge in [-0.25, -0.2) is 0 Å². The lowest BCUT2D eigenvalue weighted by molar-refractivity contribution is -0.167. The molecule has 380 valence electrons. The summed E-state index contributed by atoms with van der Waals surface area (Å²) in [7, 11) is 0. The number of carbonyl (C=O) groups excluding carboxylic acids is 3. The molecule has 64 heavy (non-hydrogen) atoms. The Morgan fingerprint density at radius 3 is 0.766 bits per heavy atom. The molecular weight excluding hydrogens is 793 g/mol. The maximum absolute atomic E-state index is 12.8. The number of esters is 3. The van der Waals surface area contributed by atoms with Crippen LogP contribution in [-0.4, -0.2) is 37.2 Å². The van der Waals surface area contributed by atoms with Gasteiger partial charge in [0.15, 0.2) is 6.10 Å². The van der Waals surface area contributed by atoms with Crippen LogP contribution in [-0.2, 0) is 28.6 Å². The molecule has 0 saturated carbocycles. The Hall–Kier alpha value is -1.59. The van der Waals surface area contributed by atoms with Gasteiger partial charge in [0, 0.05) is 19.3 Å². The first-order valence-corrected chi connectivity index (χ1v) is 28.9. The van der Waals surface area contributed by atoms with Gasteiger partial charge >= 0.3 is 17.9 Å². The van der Waals surface area contributed by atoms with E-state index in [2.05, 4.69) is 27.7 Å². The average molecular weight is 906 g/mol. The van der Waals surface area contributed by atoms with E-state index in [0.29, 0.717) is 19.3 Å². The van der Waals surface area contributed by atoms with Crippen LogP contribution in [0.2, 0.25) is 0 Å². The number of ether oxygens (including phenoxy) is 3. The Bertz CT molecular complexity index is 964. The molecule has 0 unspecified atom stereocenters. The van der Waals surface area contributed by atoms with Crippen molar-refractivity contribution < 1.29 is 28.6 Å². The van der Waals surface area contributed by atoms with Gasteiger partial charge in [0.05, 0.1) is 0 Å². The maximum atomic E-state index is 12.8. The van der Waals surface area contributed by atoms with Crippen LogP contribution < -0.4 is 0 Å². The van der Waals surface area contributed by atoms with Gasteiger partial charge in [-0.1, -0.05) is 291 Å². The lowest BCUT2D eigenvalue weighted by Gasteiger charge is -2.18. The molecule has 0 N–H and O–H groups in total. The van der Waals surface area contributed by atoms with Crippen molar-refractivity contribution in [3.8, 4) is 0 Å². The van der Waals surface area contributed by atoms with Crippen LogP contribution in [0.5, 0.6) is 0 Å². The zero-order valence-corrected chi connectivity index (χ0v) is 43.8. The Kier molecular flexibility index (Phi) is 51.1. The largest absolute Gasteiger partial charge is 0.462 e.